The molecule has 0 unspecified atom stereocenters. The van der Waals surface area contributed by atoms with Crippen molar-refractivity contribution in [3.63, 3.8) is 0 Å². The van der Waals surface area contributed by atoms with Crippen LogP contribution in [0, 0.1) is 0 Å². The highest BCUT2D eigenvalue weighted by molar-refractivity contribution is 9.10. The molecular weight excluding hydrogens is 366 g/mol. The van der Waals surface area contributed by atoms with E-state index < -0.39 is 21.0 Å². The predicted molar refractivity (Wildman–Crippen MR) is 88.5 cm³/mol. The van der Waals surface area contributed by atoms with E-state index in [0.29, 0.717) is 12.1 Å². The summed E-state index contributed by atoms with van der Waals surface area (Å²) in [5.74, 6) is -0.465. The summed E-state index contributed by atoms with van der Waals surface area (Å²) < 4.78 is 26.3. The SMILES string of the molecule is O=C1Nc2ccccc2CC[C@@H]1S(=O)(=O)c1ccc(Br)cc1. The van der Waals surface area contributed by atoms with E-state index >= 15 is 0 Å². The van der Waals surface area contributed by atoms with Gasteiger partial charge in [-0.15, -0.1) is 0 Å². The number of anilines is 1. The number of amides is 1. The Bertz CT molecular complexity index is 816. The third-order valence-corrected chi connectivity index (χ3v) is 6.42. The average molecular weight is 380 g/mol. The molecule has 3 rings (SSSR count). The van der Waals surface area contributed by atoms with Crippen LogP contribution in [0.5, 0.6) is 0 Å². The van der Waals surface area contributed by atoms with Gasteiger partial charge in [0.05, 0.1) is 4.90 Å². The lowest BCUT2D eigenvalue weighted by atomic mass is 10.1. The summed E-state index contributed by atoms with van der Waals surface area (Å²) in [6, 6.07) is 13.8. The predicted octanol–water partition coefficient (Wildman–Crippen LogP) is 3.18. The molecular formula is C16H14BrNO3S. The summed E-state index contributed by atoms with van der Waals surface area (Å²) in [4.78, 5) is 12.5. The topological polar surface area (TPSA) is 63.2 Å². The first-order chi connectivity index (χ1) is 10.5. The Morgan fingerprint density at radius 1 is 1.05 bits per heavy atom. The van der Waals surface area contributed by atoms with Crippen molar-refractivity contribution in [2.75, 3.05) is 5.32 Å². The molecule has 0 saturated carbocycles. The zero-order valence-corrected chi connectivity index (χ0v) is 14.0. The average Bonchev–Trinajstić information content (AvgIpc) is 2.66. The molecule has 0 fully saturated rings. The number of hydrogen-bond acceptors (Lipinski definition) is 3. The molecule has 1 heterocycles. The highest BCUT2D eigenvalue weighted by Gasteiger charge is 2.35. The Balaban J connectivity index is 1.95. The smallest absolute Gasteiger partial charge is 0.243 e. The lowest BCUT2D eigenvalue weighted by molar-refractivity contribution is -0.115. The quantitative estimate of drug-likeness (QED) is 0.871. The van der Waals surface area contributed by atoms with Crippen LogP contribution in [0.1, 0.15) is 12.0 Å². The van der Waals surface area contributed by atoms with Gasteiger partial charge in [-0.05, 0) is 48.7 Å². The van der Waals surface area contributed by atoms with E-state index in [1.807, 2.05) is 18.2 Å². The van der Waals surface area contributed by atoms with Crippen molar-refractivity contribution < 1.29 is 13.2 Å². The lowest BCUT2D eigenvalue weighted by Crippen LogP contribution is -2.34. The van der Waals surface area contributed by atoms with E-state index in [4.69, 9.17) is 0 Å². The van der Waals surface area contributed by atoms with Gasteiger partial charge >= 0.3 is 0 Å². The van der Waals surface area contributed by atoms with Crippen LogP contribution in [0.15, 0.2) is 57.9 Å². The zero-order valence-electron chi connectivity index (χ0n) is 11.6. The van der Waals surface area contributed by atoms with Gasteiger partial charge in [0.1, 0.15) is 5.25 Å². The number of benzene rings is 2. The van der Waals surface area contributed by atoms with Crippen LogP contribution in [0.25, 0.3) is 0 Å². The van der Waals surface area contributed by atoms with E-state index in [1.54, 1.807) is 18.2 Å². The first-order valence-electron chi connectivity index (χ1n) is 6.87. The lowest BCUT2D eigenvalue weighted by Gasteiger charge is -2.14. The maximum Gasteiger partial charge on any atom is 0.243 e. The van der Waals surface area contributed by atoms with E-state index in [1.165, 1.54) is 12.1 Å². The molecule has 1 amide bonds. The summed E-state index contributed by atoms with van der Waals surface area (Å²) in [6.45, 7) is 0. The number of para-hydroxylation sites is 1. The molecule has 2 aromatic rings. The summed E-state index contributed by atoms with van der Waals surface area (Å²) in [5.41, 5.74) is 1.66. The second-order valence-corrected chi connectivity index (χ2v) is 8.22. The minimum absolute atomic E-state index is 0.168. The molecule has 22 heavy (non-hydrogen) atoms. The van der Waals surface area contributed by atoms with Gasteiger partial charge in [0.15, 0.2) is 9.84 Å². The number of rotatable bonds is 2. The van der Waals surface area contributed by atoms with Gasteiger partial charge in [-0.1, -0.05) is 34.1 Å². The Labute approximate surface area is 137 Å². The second-order valence-electron chi connectivity index (χ2n) is 5.17. The molecule has 0 spiro atoms. The molecule has 0 saturated heterocycles. The second kappa shape index (κ2) is 5.85. The molecule has 0 aliphatic carbocycles. The zero-order chi connectivity index (χ0) is 15.7. The minimum atomic E-state index is -3.70. The van der Waals surface area contributed by atoms with E-state index in [9.17, 15) is 13.2 Å². The number of halogens is 1. The van der Waals surface area contributed by atoms with Crippen LogP contribution >= 0.6 is 15.9 Å². The normalized spacial score (nSPS) is 18.2. The fourth-order valence-electron chi connectivity index (χ4n) is 2.58. The van der Waals surface area contributed by atoms with Gasteiger partial charge in [-0.25, -0.2) is 8.42 Å². The maximum atomic E-state index is 12.7. The van der Waals surface area contributed by atoms with Crippen LogP contribution < -0.4 is 5.32 Å². The van der Waals surface area contributed by atoms with Crippen LogP contribution in [0.4, 0.5) is 5.69 Å². The van der Waals surface area contributed by atoms with Crippen molar-refractivity contribution in [2.45, 2.75) is 23.0 Å². The highest BCUT2D eigenvalue weighted by atomic mass is 79.9. The van der Waals surface area contributed by atoms with Crippen molar-refractivity contribution >= 4 is 37.4 Å². The number of sulfone groups is 1. The number of fused-ring (bicyclic) bond motifs is 1. The summed E-state index contributed by atoms with van der Waals surface area (Å²) >= 11 is 3.28. The molecule has 114 valence electrons. The number of aryl methyl sites for hydroxylation is 1. The number of nitrogens with one attached hydrogen (secondary N) is 1. The van der Waals surface area contributed by atoms with Gasteiger partial charge in [-0.2, -0.15) is 0 Å². The standard InChI is InChI=1S/C16H14BrNO3S/c17-12-6-8-13(9-7-12)22(20,21)15-10-5-11-3-1-2-4-14(11)18-16(15)19/h1-4,6-9,15H,5,10H2,(H,18,19)/t15-/m0/s1. The van der Waals surface area contributed by atoms with E-state index in [0.717, 1.165) is 10.0 Å². The van der Waals surface area contributed by atoms with Crippen molar-refractivity contribution in [2.24, 2.45) is 0 Å². The molecule has 0 radical (unpaired) electrons. The van der Waals surface area contributed by atoms with E-state index in [2.05, 4.69) is 21.2 Å². The van der Waals surface area contributed by atoms with E-state index in [-0.39, 0.29) is 11.3 Å². The minimum Gasteiger partial charge on any atom is -0.325 e. The van der Waals surface area contributed by atoms with Crippen molar-refractivity contribution in [3.8, 4) is 0 Å². The molecule has 0 aromatic heterocycles. The number of hydrogen-bond donors (Lipinski definition) is 1. The summed E-state index contributed by atoms with van der Waals surface area (Å²) in [5, 5.41) is 1.66. The van der Waals surface area contributed by atoms with Crippen LogP contribution in [0.2, 0.25) is 0 Å². The fraction of sp³-hybridized carbons (Fsp3) is 0.188. The number of carbonyl (C=O) groups excluding carboxylic acids is 1. The third-order valence-electron chi connectivity index (χ3n) is 3.76. The van der Waals surface area contributed by atoms with Crippen molar-refractivity contribution in [1.29, 1.82) is 0 Å². The first-order valence-corrected chi connectivity index (χ1v) is 9.20. The molecule has 1 atom stereocenters. The molecule has 1 N–H and O–H groups in total. The molecule has 0 bridgehead atoms. The van der Waals surface area contributed by atoms with Crippen molar-refractivity contribution in [1.82, 2.24) is 0 Å². The first kappa shape index (κ1) is 15.2. The third kappa shape index (κ3) is 2.80. The van der Waals surface area contributed by atoms with Gasteiger partial charge in [0.25, 0.3) is 0 Å². The van der Waals surface area contributed by atoms with Gasteiger partial charge in [-0.3, -0.25) is 4.79 Å². The molecule has 2 aromatic carbocycles. The highest BCUT2D eigenvalue weighted by Crippen LogP contribution is 2.28. The van der Waals surface area contributed by atoms with Gasteiger partial charge in [0, 0.05) is 10.2 Å². The van der Waals surface area contributed by atoms with Gasteiger partial charge in [0.2, 0.25) is 5.91 Å². The Morgan fingerprint density at radius 2 is 1.73 bits per heavy atom. The largest absolute Gasteiger partial charge is 0.325 e. The Kier molecular flexibility index (Phi) is 4.06. The molecule has 1 aliphatic rings. The van der Waals surface area contributed by atoms with Crippen LogP contribution in [-0.4, -0.2) is 19.6 Å². The molecule has 4 nitrogen and oxygen atoms in total. The van der Waals surface area contributed by atoms with Crippen molar-refractivity contribution in [3.05, 3.63) is 58.6 Å². The maximum absolute atomic E-state index is 12.7. The van der Waals surface area contributed by atoms with Crippen LogP contribution in [0.3, 0.4) is 0 Å². The fourth-order valence-corrected chi connectivity index (χ4v) is 4.45. The Hall–Kier alpha value is -1.66. The monoisotopic (exact) mass is 379 g/mol. The number of carbonyl (C=O) groups is 1. The molecule has 6 heteroatoms. The Morgan fingerprint density at radius 3 is 2.45 bits per heavy atom. The van der Waals surface area contributed by atoms with Crippen LogP contribution in [-0.2, 0) is 21.1 Å². The van der Waals surface area contributed by atoms with Gasteiger partial charge < -0.3 is 5.32 Å². The summed E-state index contributed by atoms with van der Waals surface area (Å²) in [7, 11) is -3.70. The molecule has 1 aliphatic heterocycles. The summed E-state index contributed by atoms with van der Waals surface area (Å²) in [6.07, 6.45) is 0.830.